The van der Waals surface area contributed by atoms with Gasteiger partial charge in [0.25, 0.3) is 0 Å². The molecule has 2 aromatic rings. The lowest BCUT2D eigenvalue weighted by Crippen LogP contribution is -2.31. The summed E-state index contributed by atoms with van der Waals surface area (Å²) in [5.41, 5.74) is 4.44. The van der Waals surface area contributed by atoms with Gasteiger partial charge in [-0.1, -0.05) is 10.3 Å². The number of likely N-dealkylation sites (tertiary alicyclic amines) is 1. The van der Waals surface area contributed by atoms with Gasteiger partial charge in [0.05, 0.1) is 17.2 Å². The fraction of sp³-hybridized carbons (Fsp3) is 0.571. The Labute approximate surface area is 127 Å². The molecule has 1 atom stereocenters. The van der Waals surface area contributed by atoms with Gasteiger partial charge in [0.1, 0.15) is 11.4 Å². The van der Waals surface area contributed by atoms with Crippen LogP contribution in [-0.4, -0.2) is 32.6 Å². The number of thiazole rings is 1. The van der Waals surface area contributed by atoms with E-state index in [1.54, 1.807) is 11.3 Å². The molecule has 7 heteroatoms. The van der Waals surface area contributed by atoms with Gasteiger partial charge in [-0.25, -0.2) is 9.61 Å². The van der Waals surface area contributed by atoms with E-state index in [0.717, 1.165) is 42.9 Å². The summed E-state index contributed by atoms with van der Waals surface area (Å²) in [6, 6.07) is 0.0197. The van der Waals surface area contributed by atoms with Crippen LogP contribution in [0.15, 0.2) is 10.1 Å². The van der Waals surface area contributed by atoms with E-state index in [2.05, 4.69) is 15.3 Å². The highest BCUT2D eigenvalue weighted by Crippen LogP contribution is 2.32. The van der Waals surface area contributed by atoms with Crippen molar-refractivity contribution in [2.24, 2.45) is 0 Å². The number of hydrogen-bond acceptors (Lipinski definition) is 6. The monoisotopic (exact) mass is 306 g/mol. The van der Waals surface area contributed by atoms with Crippen molar-refractivity contribution in [3.05, 3.63) is 27.5 Å². The fourth-order valence-electron chi connectivity index (χ4n) is 2.82. The molecule has 0 aromatic carbocycles. The fourth-order valence-corrected chi connectivity index (χ4v) is 3.60. The third kappa shape index (κ3) is 2.83. The zero-order valence-electron chi connectivity index (χ0n) is 12.2. The zero-order valence-corrected chi connectivity index (χ0v) is 13.0. The standard InChI is InChI=1S/C14H18N4O2S/c1-9-12(21-8-15-9)5-6-13(19)18-7-3-4-11(18)14-10(2)16-20-17-14/h8,11H,3-7H2,1-2H3/t11-/m0/s1. The molecule has 0 saturated carbocycles. The molecule has 6 nitrogen and oxygen atoms in total. The van der Waals surface area contributed by atoms with Crippen LogP contribution in [0.3, 0.4) is 0 Å². The number of amides is 1. The summed E-state index contributed by atoms with van der Waals surface area (Å²) >= 11 is 1.62. The van der Waals surface area contributed by atoms with Gasteiger partial charge in [0.2, 0.25) is 5.91 Å². The van der Waals surface area contributed by atoms with Crippen molar-refractivity contribution in [2.45, 2.75) is 45.6 Å². The highest BCUT2D eigenvalue weighted by Gasteiger charge is 2.33. The van der Waals surface area contributed by atoms with E-state index in [1.165, 1.54) is 4.88 Å². The number of nitrogens with zero attached hydrogens (tertiary/aromatic N) is 4. The topological polar surface area (TPSA) is 72.1 Å². The lowest BCUT2D eigenvalue weighted by atomic mass is 10.1. The Morgan fingerprint density at radius 1 is 1.43 bits per heavy atom. The molecule has 1 aliphatic rings. The number of aryl methyl sites for hydroxylation is 3. The Kier molecular flexibility index (Phi) is 4.01. The number of carbonyl (C=O) groups excluding carboxylic acids is 1. The van der Waals surface area contributed by atoms with E-state index in [9.17, 15) is 4.79 Å². The summed E-state index contributed by atoms with van der Waals surface area (Å²) in [4.78, 5) is 19.8. The second-order valence-electron chi connectivity index (χ2n) is 5.34. The lowest BCUT2D eigenvalue weighted by Gasteiger charge is -2.23. The molecular weight excluding hydrogens is 288 g/mol. The summed E-state index contributed by atoms with van der Waals surface area (Å²) in [5.74, 6) is 0.174. The van der Waals surface area contributed by atoms with E-state index in [-0.39, 0.29) is 11.9 Å². The Bertz CT molecular complexity index is 636. The molecule has 1 amide bonds. The minimum atomic E-state index is 0.0197. The van der Waals surface area contributed by atoms with Gasteiger partial charge < -0.3 is 4.90 Å². The zero-order chi connectivity index (χ0) is 14.8. The van der Waals surface area contributed by atoms with Gasteiger partial charge in [-0.15, -0.1) is 11.3 Å². The first kappa shape index (κ1) is 14.2. The summed E-state index contributed by atoms with van der Waals surface area (Å²) < 4.78 is 4.78. The normalized spacial score (nSPS) is 18.4. The Morgan fingerprint density at radius 2 is 2.29 bits per heavy atom. The van der Waals surface area contributed by atoms with Crippen LogP contribution < -0.4 is 0 Å². The van der Waals surface area contributed by atoms with Crippen molar-refractivity contribution < 1.29 is 9.42 Å². The van der Waals surface area contributed by atoms with Crippen LogP contribution in [0.1, 0.15) is 47.3 Å². The van der Waals surface area contributed by atoms with E-state index in [4.69, 9.17) is 4.63 Å². The maximum absolute atomic E-state index is 12.5. The molecule has 112 valence electrons. The van der Waals surface area contributed by atoms with Crippen molar-refractivity contribution in [3.8, 4) is 0 Å². The summed E-state index contributed by atoms with van der Waals surface area (Å²) in [5, 5.41) is 7.79. The molecule has 3 rings (SSSR count). The predicted molar refractivity (Wildman–Crippen MR) is 77.9 cm³/mol. The summed E-state index contributed by atoms with van der Waals surface area (Å²) in [7, 11) is 0. The summed E-state index contributed by atoms with van der Waals surface area (Å²) in [6.07, 6.45) is 3.21. The van der Waals surface area contributed by atoms with Crippen LogP contribution in [0, 0.1) is 13.8 Å². The van der Waals surface area contributed by atoms with Gasteiger partial charge in [0, 0.05) is 17.8 Å². The van der Waals surface area contributed by atoms with Crippen LogP contribution in [0.25, 0.3) is 0 Å². The highest BCUT2D eigenvalue weighted by atomic mass is 32.1. The quantitative estimate of drug-likeness (QED) is 0.867. The van der Waals surface area contributed by atoms with Gasteiger partial charge in [-0.05, 0) is 33.1 Å². The molecular formula is C14H18N4O2S. The number of carbonyl (C=O) groups is 1. The SMILES string of the molecule is Cc1nonc1[C@@H]1CCCN1C(=O)CCc1scnc1C. The molecule has 0 aliphatic carbocycles. The van der Waals surface area contributed by atoms with Crippen molar-refractivity contribution in [3.63, 3.8) is 0 Å². The van der Waals surface area contributed by atoms with Crippen LogP contribution in [0.4, 0.5) is 0 Å². The second-order valence-corrected chi connectivity index (χ2v) is 6.28. The first-order chi connectivity index (χ1) is 10.2. The molecule has 1 aliphatic heterocycles. The maximum Gasteiger partial charge on any atom is 0.223 e. The molecule has 0 unspecified atom stereocenters. The molecule has 1 saturated heterocycles. The van der Waals surface area contributed by atoms with Crippen molar-refractivity contribution >= 4 is 17.2 Å². The van der Waals surface area contributed by atoms with Crippen molar-refractivity contribution in [1.82, 2.24) is 20.2 Å². The number of aromatic nitrogens is 3. The van der Waals surface area contributed by atoms with Crippen LogP contribution in [0.2, 0.25) is 0 Å². The Morgan fingerprint density at radius 3 is 2.95 bits per heavy atom. The first-order valence-corrected chi connectivity index (χ1v) is 8.02. The van der Waals surface area contributed by atoms with Crippen molar-refractivity contribution in [1.29, 1.82) is 0 Å². The predicted octanol–water partition coefficient (Wildman–Crippen LogP) is 2.44. The molecule has 0 bridgehead atoms. The van der Waals surface area contributed by atoms with Gasteiger partial charge in [-0.3, -0.25) is 4.79 Å². The van der Waals surface area contributed by atoms with Gasteiger partial charge in [0.15, 0.2) is 0 Å². The number of hydrogen-bond donors (Lipinski definition) is 0. The molecule has 0 spiro atoms. The van der Waals surface area contributed by atoms with Crippen LogP contribution in [-0.2, 0) is 11.2 Å². The third-order valence-corrected chi connectivity index (χ3v) is 4.98. The smallest absolute Gasteiger partial charge is 0.223 e. The Hall–Kier alpha value is -1.76. The van der Waals surface area contributed by atoms with E-state index in [0.29, 0.717) is 6.42 Å². The molecule has 21 heavy (non-hydrogen) atoms. The highest BCUT2D eigenvalue weighted by molar-refractivity contribution is 7.09. The molecule has 2 aromatic heterocycles. The van der Waals surface area contributed by atoms with E-state index in [1.807, 2.05) is 24.3 Å². The average Bonchev–Trinajstić information content (AvgIpc) is 3.16. The minimum Gasteiger partial charge on any atom is -0.334 e. The number of rotatable bonds is 4. The molecule has 0 radical (unpaired) electrons. The van der Waals surface area contributed by atoms with Crippen LogP contribution >= 0.6 is 11.3 Å². The molecule has 0 N–H and O–H groups in total. The first-order valence-electron chi connectivity index (χ1n) is 7.14. The summed E-state index contributed by atoms with van der Waals surface area (Å²) in [6.45, 7) is 4.64. The molecule has 1 fully saturated rings. The maximum atomic E-state index is 12.5. The van der Waals surface area contributed by atoms with Crippen molar-refractivity contribution in [2.75, 3.05) is 6.54 Å². The average molecular weight is 306 g/mol. The lowest BCUT2D eigenvalue weighted by molar-refractivity contribution is -0.132. The van der Waals surface area contributed by atoms with E-state index >= 15 is 0 Å². The molecule has 3 heterocycles. The van der Waals surface area contributed by atoms with Crippen LogP contribution in [0.5, 0.6) is 0 Å². The Balaban J connectivity index is 1.66. The van der Waals surface area contributed by atoms with Gasteiger partial charge in [-0.2, -0.15) is 0 Å². The third-order valence-electron chi connectivity index (χ3n) is 3.99. The minimum absolute atomic E-state index is 0.0197. The second kappa shape index (κ2) is 5.93. The largest absolute Gasteiger partial charge is 0.334 e. The van der Waals surface area contributed by atoms with Gasteiger partial charge >= 0.3 is 0 Å². The van der Waals surface area contributed by atoms with E-state index < -0.39 is 0 Å².